The van der Waals surface area contributed by atoms with Gasteiger partial charge in [0.2, 0.25) is 0 Å². The molecule has 0 aliphatic carbocycles. The fourth-order valence-electron chi connectivity index (χ4n) is 3.01. The summed E-state index contributed by atoms with van der Waals surface area (Å²) in [4.78, 5) is 12.3. The maximum absolute atomic E-state index is 12.3. The Morgan fingerprint density at radius 3 is 2.47 bits per heavy atom. The summed E-state index contributed by atoms with van der Waals surface area (Å²) in [6.45, 7) is 14.2. The van der Waals surface area contributed by atoms with Gasteiger partial charge in [-0.2, -0.15) is 0 Å². The van der Waals surface area contributed by atoms with Crippen molar-refractivity contribution < 1.29 is 13.7 Å². The van der Waals surface area contributed by atoms with E-state index in [0.717, 1.165) is 17.5 Å². The monoisotopic (exact) mass is 467 g/mol. The smallest absolute Gasteiger partial charge is 0.306 e. The number of nitrogens with zero attached hydrogens (tertiary/aromatic N) is 1. The van der Waals surface area contributed by atoms with Crippen LogP contribution >= 0.6 is 10.3 Å². The minimum absolute atomic E-state index is 0.0103. The third kappa shape index (κ3) is 9.04. The molecule has 32 heavy (non-hydrogen) atoms. The lowest BCUT2D eigenvalue weighted by Gasteiger charge is -2.43. The zero-order valence-corrected chi connectivity index (χ0v) is 22.2. The number of rotatable bonds is 12. The van der Waals surface area contributed by atoms with Crippen LogP contribution in [0.25, 0.3) is 0 Å². The van der Waals surface area contributed by atoms with Crippen molar-refractivity contribution in [1.29, 1.82) is 0 Å². The highest BCUT2D eigenvalue weighted by Gasteiger charge is 2.29. The number of hydrogen-bond donors (Lipinski definition) is 2. The first-order chi connectivity index (χ1) is 14.8. The van der Waals surface area contributed by atoms with Gasteiger partial charge in [0.1, 0.15) is 0 Å². The van der Waals surface area contributed by atoms with Crippen molar-refractivity contribution in [3.63, 3.8) is 0 Å². The number of nitrogens with two attached hydrogens (primary N) is 2. The molecule has 7 heteroatoms. The molecule has 0 saturated heterocycles. The van der Waals surface area contributed by atoms with Gasteiger partial charge < -0.3 is 19.7 Å². The molecule has 0 fully saturated rings. The molecule has 184 valence electrons. The summed E-state index contributed by atoms with van der Waals surface area (Å²) < 4.78 is 11.7. The van der Waals surface area contributed by atoms with Crippen LogP contribution in [-0.4, -0.2) is 41.4 Å². The predicted octanol–water partition coefficient (Wildman–Crippen LogP) is 5.10. The second kappa shape index (κ2) is 12.5. The van der Waals surface area contributed by atoms with Crippen LogP contribution in [0.1, 0.15) is 76.5 Å². The van der Waals surface area contributed by atoms with Crippen LogP contribution in [0.4, 0.5) is 0 Å². The van der Waals surface area contributed by atoms with Crippen molar-refractivity contribution in [1.82, 2.24) is 5.01 Å². The van der Waals surface area contributed by atoms with Gasteiger partial charge in [0.15, 0.2) is 0 Å². The maximum Gasteiger partial charge on any atom is 0.306 e. The zero-order valence-electron chi connectivity index (χ0n) is 21.4. The maximum atomic E-state index is 12.3. The van der Waals surface area contributed by atoms with Crippen molar-refractivity contribution in [3.8, 4) is 0 Å². The molecule has 6 nitrogen and oxygen atoms in total. The van der Waals surface area contributed by atoms with E-state index in [1.807, 2.05) is 13.8 Å². The number of ether oxygens (including phenoxy) is 1. The van der Waals surface area contributed by atoms with Crippen LogP contribution in [0.15, 0.2) is 30.1 Å². The van der Waals surface area contributed by atoms with Crippen LogP contribution in [0.5, 0.6) is 0 Å². The van der Waals surface area contributed by atoms with Gasteiger partial charge in [0.05, 0.1) is 19.6 Å². The molecule has 0 amide bonds. The first-order valence-electron chi connectivity index (χ1n) is 11.4. The van der Waals surface area contributed by atoms with Crippen molar-refractivity contribution in [2.24, 2.45) is 11.6 Å². The van der Waals surface area contributed by atoms with E-state index in [0.29, 0.717) is 38.3 Å². The summed E-state index contributed by atoms with van der Waals surface area (Å²) in [5.41, 5.74) is 10.3. The number of aryl methyl sites for hydroxylation is 1. The Labute approximate surface area is 197 Å². The quantitative estimate of drug-likeness (QED) is 0.252. The SMILES string of the molecule is CCOC(=O)CC(CC/C(N)=C/N(N)CC)c1ccc(C)c(COS(C)(C)C(C)(C)C)c1. The van der Waals surface area contributed by atoms with Crippen molar-refractivity contribution >= 4 is 16.3 Å². The lowest BCUT2D eigenvalue weighted by Crippen LogP contribution is -2.26. The molecule has 1 rings (SSSR count). The van der Waals surface area contributed by atoms with E-state index in [9.17, 15) is 4.79 Å². The summed E-state index contributed by atoms with van der Waals surface area (Å²) >= 11 is 0. The Hall–Kier alpha value is -1.70. The molecule has 0 aliphatic heterocycles. The Morgan fingerprint density at radius 2 is 1.91 bits per heavy atom. The number of benzene rings is 1. The lowest BCUT2D eigenvalue weighted by atomic mass is 9.88. The van der Waals surface area contributed by atoms with Gasteiger partial charge in [0.25, 0.3) is 0 Å². The van der Waals surface area contributed by atoms with Crippen LogP contribution in [0.2, 0.25) is 0 Å². The van der Waals surface area contributed by atoms with E-state index < -0.39 is 10.3 Å². The van der Waals surface area contributed by atoms with Crippen LogP contribution in [0, 0.1) is 6.92 Å². The zero-order chi connectivity index (χ0) is 24.5. The number of carbonyl (C=O) groups excluding carboxylic acids is 1. The van der Waals surface area contributed by atoms with Crippen LogP contribution in [0.3, 0.4) is 0 Å². The molecule has 1 aromatic carbocycles. The number of hydrazine groups is 1. The largest absolute Gasteiger partial charge is 0.466 e. The van der Waals surface area contributed by atoms with Gasteiger partial charge in [-0.15, -0.1) is 10.3 Å². The third-order valence-electron chi connectivity index (χ3n) is 6.03. The van der Waals surface area contributed by atoms with E-state index in [1.54, 1.807) is 11.2 Å². The number of allylic oxidation sites excluding steroid dienone is 1. The van der Waals surface area contributed by atoms with Gasteiger partial charge in [-0.05, 0) is 68.7 Å². The summed E-state index contributed by atoms with van der Waals surface area (Å²) in [5, 5.41) is 1.57. The van der Waals surface area contributed by atoms with Gasteiger partial charge in [-0.1, -0.05) is 39.0 Å². The Morgan fingerprint density at radius 1 is 1.25 bits per heavy atom. The first kappa shape index (κ1) is 28.3. The number of carbonyl (C=O) groups is 1. The number of hydrogen-bond acceptors (Lipinski definition) is 6. The molecular formula is C25H45N3O3S. The summed E-state index contributed by atoms with van der Waals surface area (Å²) in [5.74, 6) is 5.66. The fraction of sp³-hybridized carbons (Fsp3) is 0.640. The van der Waals surface area contributed by atoms with Crippen molar-refractivity contribution in [2.75, 3.05) is 25.7 Å². The highest BCUT2D eigenvalue weighted by atomic mass is 32.3. The molecule has 0 aliphatic rings. The molecular weight excluding hydrogens is 422 g/mol. The molecule has 0 spiro atoms. The lowest BCUT2D eigenvalue weighted by molar-refractivity contribution is -0.143. The standard InChI is InChI=1S/C25H45N3O3S/c1-9-28(27)17-23(26)14-13-21(16-24(29)30-10-2)20-12-11-19(3)22(15-20)18-31-32(7,8)25(4,5)6/h11-12,15,17,21H,9-10,13-14,16,18,26-27H2,1-8H3/b23-17-. The second-order valence-corrected chi connectivity index (χ2v) is 13.5. The van der Waals surface area contributed by atoms with E-state index in [1.165, 1.54) is 5.56 Å². The fourth-order valence-corrected chi connectivity index (χ4v) is 3.78. The Balaban J connectivity index is 3.08. The van der Waals surface area contributed by atoms with Gasteiger partial charge in [-0.25, -0.2) is 5.84 Å². The summed E-state index contributed by atoms with van der Waals surface area (Å²) in [6.07, 6.45) is 7.89. The normalized spacial score (nSPS) is 14.2. The highest BCUT2D eigenvalue weighted by molar-refractivity contribution is 8.29. The van der Waals surface area contributed by atoms with E-state index in [-0.39, 0.29) is 16.6 Å². The predicted molar refractivity (Wildman–Crippen MR) is 137 cm³/mol. The Bertz CT molecular complexity index is 772. The van der Waals surface area contributed by atoms with Gasteiger partial charge in [0, 0.05) is 23.2 Å². The van der Waals surface area contributed by atoms with Crippen LogP contribution < -0.4 is 11.6 Å². The highest BCUT2D eigenvalue weighted by Crippen LogP contribution is 2.54. The van der Waals surface area contributed by atoms with E-state index in [4.69, 9.17) is 20.5 Å². The minimum atomic E-state index is -1.22. The third-order valence-corrected chi connectivity index (χ3v) is 9.68. The summed E-state index contributed by atoms with van der Waals surface area (Å²) in [6, 6.07) is 6.40. The van der Waals surface area contributed by atoms with E-state index >= 15 is 0 Å². The topological polar surface area (TPSA) is 90.8 Å². The average molecular weight is 468 g/mol. The number of esters is 1. The van der Waals surface area contributed by atoms with Gasteiger partial charge >= 0.3 is 5.97 Å². The molecule has 4 N–H and O–H groups in total. The molecule has 0 radical (unpaired) electrons. The first-order valence-corrected chi connectivity index (χ1v) is 13.8. The van der Waals surface area contributed by atoms with Crippen molar-refractivity contribution in [2.45, 2.75) is 78.1 Å². The molecule has 1 aromatic rings. The molecule has 1 unspecified atom stereocenters. The molecule has 1 atom stereocenters. The molecule has 0 saturated carbocycles. The summed E-state index contributed by atoms with van der Waals surface area (Å²) in [7, 11) is -1.22. The molecule has 0 aromatic heterocycles. The molecule has 0 heterocycles. The van der Waals surface area contributed by atoms with Crippen LogP contribution in [-0.2, 0) is 20.3 Å². The average Bonchev–Trinajstić information content (AvgIpc) is 2.69. The second-order valence-electron chi connectivity index (χ2n) is 9.57. The Kier molecular flexibility index (Phi) is 11.1. The van der Waals surface area contributed by atoms with E-state index in [2.05, 4.69) is 58.4 Å². The van der Waals surface area contributed by atoms with Crippen molar-refractivity contribution in [3.05, 3.63) is 46.8 Å². The van der Waals surface area contributed by atoms with Gasteiger partial charge in [-0.3, -0.25) is 4.79 Å². The molecule has 0 bridgehead atoms. The minimum Gasteiger partial charge on any atom is -0.466 e.